The van der Waals surface area contributed by atoms with Crippen LogP contribution in [-0.2, 0) is 0 Å². The van der Waals surface area contributed by atoms with Crippen molar-refractivity contribution in [2.45, 2.75) is 51.0 Å². The zero-order valence-electron chi connectivity index (χ0n) is 13.5. The number of aromatic nitrogens is 1. The molecule has 0 unspecified atom stereocenters. The third kappa shape index (κ3) is 2.20. The molecule has 6 rings (SSSR count). The van der Waals surface area contributed by atoms with Crippen LogP contribution in [0.2, 0.25) is 0 Å². The van der Waals surface area contributed by atoms with E-state index < -0.39 is 0 Å². The second kappa shape index (κ2) is 4.86. The van der Waals surface area contributed by atoms with Gasteiger partial charge in [0.15, 0.2) is 0 Å². The van der Waals surface area contributed by atoms with Crippen LogP contribution in [0.15, 0.2) is 30.5 Å². The van der Waals surface area contributed by atoms with E-state index in [1.165, 1.54) is 44.9 Å². The van der Waals surface area contributed by atoms with Crippen LogP contribution in [-0.4, -0.2) is 16.9 Å². The lowest BCUT2D eigenvalue weighted by Gasteiger charge is -2.51. The van der Waals surface area contributed by atoms with Crippen molar-refractivity contribution < 1.29 is 4.79 Å². The molecule has 1 aromatic carbocycles. The number of carbonyl (C=O) groups is 1. The van der Waals surface area contributed by atoms with Crippen LogP contribution < -0.4 is 5.32 Å². The standard InChI is InChI=1S/C20H24N2O/c23-19(15-2-1-13-7-10-21-17(13)11-15)22-18-12-20(16-3-4-16)8-5-14(18)6-9-20/h1-2,7,10-11,14,16,18,21H,3-6,8-9,12H2,(H,22,23)/t14?,18-,20?/m1/s1. The lowest BCUT2D eigenvalue weighted by atomic mass is 9.56. The first-order valence-corrected chi connectivity index (χ1v) is 9.12. The van der Waals surface area contributed by atoms with E-state index in [-0.39, 0.29) is 5.91 Å². The van der Waals surface area contributed by atoms with E-state index >= 15 is 0 Å². The van der Waals surface area contributed by atoms with E-state index in [4.69, 9.17) is 0 Å². The molecule has 0 saturated heterocycles. The number of carbonyl (C=O) groups excluding carboxylic acids is 1. The largest absolute Gasteiger partial charge is 0.361 e. The molecule has 1 amide bonds. The number of nitrogens with one attached hydrogen (secondary N) is 2. The molecule has 2 N–H and O–H groups in total. The van der Waals surface area contributed by atoms with Gasteiger partial charge in [-0.3, -0.25) is 4.79 Å². The average molecular weight is 308 g/mol. The summed E-state index contributed by atoms with van der Waals surface area (Å²) in [6.45, 7) is 0. The van der Waals surface area contributed by atoms with Gasteiger partial charge in [0.25, 0.3) is 5.91 Å². The number of amides is 1. The molecule has 1 atom stereocenters. The van der Waals surface area contributed by atoms with Crippen LogP contribution in [0.25, 0.3) is 10.9 Å². The maximum atomic E-state index is 12.7. The Morgan fingerprint density at radius 1 is 1.13 bits per heavy atom. The zero-order valence-corrected chi connectivity index (χ0v) is 13.5. The predicted molar refractivity (Wildman–Crippen MR) is 91.3 cm³/mol. The molecule has 4 saturated carbocycles. The molecule has 0 radical (unpaired) electrons. The number of fused-ring (bicyclic) bond motifs is 4. The van der Waals surface area contributed by atoms with Crippen molar-refractivity contribution in [3.8, 4) is 0 Å². The van der Waals surface area contributed by atoms with Gasteiger partial charge in [0.05, 0.1) is 0 Å². The maximum absolute atomic E-state index is 12.7. The maximum Gasteiger partial charge on any atom is 0.251 e. The predicted octanol–water partition coefficient (Wildman–Crippen LogP) is 4.26. The summed E-state index contributed by atoms with van der Waals surface area (Å²) < 4.78 is 0. The topological polar surface area (TPSA) is 44.9 Å². The molecular formula is C20H24N2O. The Labute approximate surface area is 136 Å². The summed E-state index contributed by atoms with van der Waals surface area (Å²) in [5.41, 5.74) is 2.38. The van der Waals surface area contributed by atoms with Crippen molar-refractivity contribution >= 4 is 16.8 Å². The Morgan fingerprint density at radius 3 is 2.74 bits per heavy atom. The molecule has 3 nitrogen and oxygen atoms in total. The third-order valence-corrected chi connectivity index (χ3v) is 6.80. The van der Waals surface area contributed by atoms with Crippen molar-refractivity contribution in [3.05, 3.63) is 36.0 Å². The first-order chi connectivity index (χ1) is 11.2. The van der Waals surface area contributed by atoms with Gasteiger partial charge in [-0.05, 0) is 85.8 Å². The number of H-pyrrole nitrogens is 1. The van der Waals surface area contributed by atoms with Crippen molar-refractivity contribution in [2.24, 2.45) is 17.3 Å². The number of benzene rings is 1. The van der Waals surface area contributed by atoms with Crippen molar-refractivity contribution in [3.63, 3.8) is 0 Å². The Morgan fingerprint density at radius 2 is 1.96 bits per heavy atom. The summed E-state index contributed by atoms with van der Waals surface area (Å²) in [6, 6.07) is 8.38. The van der Waals surface area contributed by atoms with Crippen LogP contribution in [0, 0.1) is 17.3 Å². The van der Waals surface area contributed by atoms with Gasteiger partial charge in [0.2, 0.25) is 0 Å². The molecule has 2 aromatic rings. The molecule has 4 aliphatic carbocycles. The van der Waals surface area contributed by atoms with Gasteiger partial charge in [0.1, 0.15) is 0 Å². The molecule has 23 heavy (non-hydrogen) atoms. The molecule has 4 aliphatic rings. The van der Waals surface area contributed by atoms with Crippen LogP contribution >= 0.6 is 0 Å². The summed E-state index contributed by atoms with van der Waals surface area (Å²) >= 11 is 0. The van der Waals surface area contributed by atoms with Gasteiger partial charge >= 0.3 is 0 Å². The lowest BCUT2D eigenvalue weighted by Crippen LogP contribution is -2.52. The SMILES string of the molecule is O=C(N[C@@H]1CC2(C3CC3)CCC1CC2)c1ccc2cc[nH]c2c1. The highest BCUT2D eigenvalue weighted by molar-refractivity contribution is 5.98. The Bertz CT molecular complexity index is 750. The number of aromatic amines is 1. The first-order valence-electron chi connectivity index (χ1n) is 9.12. The summed E-state index contributed by atoms with van der Waals surface area (Å²) in [5, 5.41) is 4.54. The lowest BCUT2D eigenvalue weighted by molar-refractivity contribution is 0.0140. The molecule has 4 fully saturated rings. The second-order valence-electron chi connectivity index (χ2n) is 8.04. The van der Waals surface area contributed by atoms with E-state index in [2.05, 4.69) is 10.3 Å². The molecule has 1 heterocycles. The van der Waals surface area contributed by atoms with Gasteiger partial charge in [-0.15, -0.1) is 0 Å². The summed E-state index contributed by atoms with van der Waals surface area (Å²) in [5.74, 6) is 1.76. The van der Waals surface area contributed by atoms with Gasteiger partial charge in [-0.25, -0.2) is 0 Å². The quantitative estimate of drug-likeness (QED) is 0.874. The highest BCUT2D eigenvalue weighted by Crippen LogP contribution is 2.61. The number of hydrogen-bond acceptors (Lipinski definition) is 1. The van der Waals surface area contributed by atoms with E-state index in [0.29, 0.717) is 17.4 Å². The highest BCUT2D eigenvalue weighted by atomic mass is 16.1. The van der Waals surface area contributed by atoms with Gasteiger partial charge in [-0.2, -0.15) is 0 Å². The summed E-state index contributed by atoms with van der Waals surface area (Å²) in [7, 11) is 0. The van der Waals surface area contributed by atoms with Gasteiger partial charge < -0.3 is 10.3 Å². The minimum absolute atomic E-state index is 0.102. The summed E-state index contributed by atoms with van der Waals surface area (Å²) in [6.07, 6.45) is 11.4. The van der Waals surface area contributed by atoms with Crippen LogP contribution in [0.1, 0.15) is 55.3 Å². The fourth-order valence-electron chi connectivity index (χ4n) is 5.31. The highest BCUT2D eigenvalue weighted by Gasteiger charge is 2.53. The molecule has 1 aromatic heterocycles. The Hall–Kier alpha value is -1.77. The van der Waals surface area contributed by atoms with Crippen molar-refractivity contribution in [1.82, 2.24) is 10.3 Å². The number of rotatable bonds is 3. The fraction of sp³-hybridized carbons (Fsp3) is 0.550. The zero-order chi connectivity index (χ0) is 15.4. The normalized spacial score (nSPS) is 33.0. The van der Waals surface area contributed by atoms with Crippen LogP contribution in [0.4, 0.5) is 0 Å². The summed E-state index contributed by atoms with van der Waals surface area (Å²) in [4.78, 5) is 15.9. The average Bonchev–Trinajstić information content (AvgIpc) is 3.35. The van der Waals surface area contributed by atoms with Crippen molar-refractivity contribution in [1.29, 1.82) is 0 Å². The Balaban J connectivity index is 1.35. The van der Waals surface area contributed by atoms with E-state index in [0.717, 1.165) is 22.4 Å². The molecule has 120 valence electrons. The van der Waals surface area contributed by atoms with Gasteiger partial charge in [-0.1, -0.05) is 6.07 Å². The Kier molecular flexibility index (Phi) is 2.88. The third-order valence-electron chi connectivity index (χ3n) is 6.80. The minimum atomic E-state index is 0.102. The molecule has 3 heteroatoms. The smallest absolute Gasteiger partial charge is 0.251 e. The van der Waals surface area contributed by atoms with Crippen molar-refractivity contribution in [2.75, 3.05) is 0 Å². The van der Waals surface area contributed by atoms with E-state index in [1.807, 2.05) is 30.5 Å². The first kappa shape index (κ1) is 13.6. The molecule has 0 spiro atoms. The van der Waals surface area contributed by atoms with Crippen LogP contribution in [0.5, 0.6) is 0 Å². The van der Waals surface area contributed by atoms with Gasteiger partial charge in [0, 0.05) is 23.3 Å². The molecular weight excluding hydrogens is 284 g/mol. The minimum Gasteiger partial charge on any atom is -0.361 e. The molecule has 2 bridgehead atoms. The monoisotopic (exact) mass is 308 g/mol. The fourth-order valence-corrected chi connectivity index (χ4v) is 5.31. The molecule has 0 aliphatic heterocycles. The number of hydrogen-bond donors (Lipinski definition) is 2. The van der Waals surface area contributed by atoms with E-state index in [9.17, 15) is 4.79 Å². The van der Waals surface area contributed by atoms with E-state index in [1.54, 1.807) is 0 Å². The van der Waals surface area contributed by atoms with Crippen LogP contribution in [0.3, 0.4) is 0 Å². The second-order valence-corrected chi connectivity index (χ2v) is 8.04.